The summed E-state index contributed by atoms with van der Waals surface area (Å²) < 4.78 is 12.7. The van der Waals surface area contributed by atoms with Gasteiger partial charge in [-0.3, -0.25) is 9.29 Å². The summed E-state index contributed by atoms with van der Waals surface area (Å²) in [5.41, 5.74) is 1.22. The highest BCUT2D eigenvalue weighted by Gasteiger charge is 2.32. The Kier molecular flexibility index (Phi) is 3.53. The summed E-state index contributed by atoms with van der Waals surface area (Å²) in [6.07, 6.45) is 0. The topological polar surface area (TPSA) is 27.0 Å². The van der Waals surface area contributed by atoms with Crippen LogP contribution in [0.4, 0.5) is 4.39 Å². The zero-order valence-electron chi connectivity index (χ0n) is 9.14. The summed E-state index contributed by atoms with van der Waals surface area (Å²) in [6, 6.07) is 12.3. The first-order chi connectivity index (χ1) is 7.83. The first-order valence-corrected chi connectivity index (χ1v) is 5.55. The molecule has 0 aromatic heterocycles. The second-order valence-corrected chi connectivity index (χ2v) is 4.33. The van der Waals surface area contributed by atoms with Gasteiger partial charge >= 0.3 is 0 Å². The average molecular weight is 218 g/mol. The fraction of sp³-hybridized carbons (Fsp3) is 0.462. The van der Waals surface area contributed by atoms with Gasteiger partial charge in [0.25, 0.3) is 0 Å². The van der Waals surface area contributed by atoms with Crippen molar-refractivity contribution in [1.82, 2.24) is 4.90 Å². The van der Waals surface area contributed by atoms with Crippen molar-refractivity contribution in [3.63, 3.8) is 0 Å². The molecule has 1 saturated heterocycles. The molecule has 0 amide bonds. The van der Waals surface area contributed by atoms with Crippen molar-refractivity contribution in [2.45, 2.75) is 6.54 Å². The van der Waals surface area contributed by atoms with Gasteiger partial charge in [-0.1, -0.05) is 30.3 Å². The third-order valence-corrected chi connectivity index (χ3v) is 3.13. The smallest absolute Gasteiger partial charge is 0.0947 e. The predicted molar refractivity (Wildman–Crippen MR) is 60.3 cm³/mol. The molecule has 2 nitrogen and oxygen atoms in total. The summed E-state index contributed by atoms with van der Waals surface area (Å²) >= 11 is 0. The van der Waals surface area contributed by atoms with Crippen molar-refractivity contribution in [2.24, 2.45) is 11.8 Å². The number of nitriles is 1. The van der Waals surface area contributed by atoms with Crippen molar-refractivity contribution in [3.05, 3.63) is 35.9 Å². The van der Waals surface area contributed by atoms with Crippen LogP contribution >= 0.6 is 0 Å². The van der Waals surface area contributed by atoms with E-state index in [9.17, 15) is 4.39 Å². The summed E-state index contributed by atoms with van der Waals surface area (Å²) in [5, 5.41) is 8.91. The number of nitrogens with zero attached hydrogens (tertiary/aromatic N) is 2. The number of rotatable bonds is 3. The van der Waals surface area contributed by atoms with Crippen LogP contribution < -0.4 is 0 Å². The third kappa shape index (κ3) is 2.40. The molecule has 0 bridgehead atoms. The van der Waals surface area contributed by atoms with Crippen molar-refractivity contribution < 1.29 is 4.39 Å². The van der Waals surface area contributed by atoms with Gasteiger partial charge in [0, 0.05) is 25.6 Å². The van der Waals surface area contributed by atoms with E-state index in [1.54, 1.807) is 0 Å². The van der Waals surface area contributed by atoms with Gasteiger partial charge in [-0.25, -0.2) is 0 Å². The van der Waals surface area contributed by atoms with Crippen molar-refractivity contribution in [1.29, 1.82) is 5.26 Å². The Morgan fingerprint density at radius 3 is 2.62 bits per heavy atom. The summed E-state index contributed by atoms with van der Waals surface area (Å²) in [7, 11) is 0. The van der Waals surface area contributed by atoms with Gasteiger partial charge in [-0.2, -0.15) is 5.26 Å². The molecule has 1 aliphatic rings. The molecule has 1 aromatic carbocycles. The molecule has 1 aromatic rings. The van der Waals surface area contributed by atoms with Gasteiger partial charge < -0.3 is 0 Å². The lowest BCUT2D eigenvalue weighted by Gasteiger charge is -2.14. The van der Waals surface area contributed by atoms with Crippen LogP contribution in [0.5, 0.6) is 0 Å². The number of halogens is 1. The van der Waals surface area contributed by atoms with E-state index in [4.69, 9.17) is 5.26 Å². The minimum Gasteiger partial charge on any atom is -0.297 e. The first kappa shape index (κ1) is 11.1. The fourth-order valence-corrected chi connectivity index (χ4v) is 2.23. The molecule has 1 heterocycles. The van der Waals surface area contributed by atoms with Crippen molar-refractivity contribution >= 4 is 0 Å². The SMILES string of the molecule is N#CC1CN(Cc2ccccc2)CC1CF. The maximum absolute atomic E-state index is 12.7. The molecule has 0 aliphatic carbocycles. The number of alkyl halides is 1. The Bertz CT molecular complexity index is 371. The summed E-state index contributed by atoms with van der Waals surface area (Å²) in [4.78, 5) is 2.16. The molecule has 2 rings (SSSR count). The molecular weight excluding hydrogens is 203 g/mol. The van der Waals surface area contributed by atoms with Crippen LogP contribution in [0.2, 0.25) is 0 Å². The first-order valence-electron chi connectivity index (χ1n) is 5.55. The number of hydrogen-bond donors (Lipinski definition) is 0. The Labute approximate surface area is 95.3 Å². The highest BCUT2D eigenvalue weighted by atomic mass is 19.1. The van der Waals surface area contributed by atoms with Crippen molar-refractivity contribution in [3.8, 4) is 6.07 Å². The lowest BCUT2D eigenvalue weighted by atomic mass is 10.00. The predicted octanol–water partition coefficient (Wildman–Crippen LogP) is 2.23. The van der Waals surface area contributed by atoms with Crippen LogP contribution in [0.1, 0.15) is 5.56 Å². The van der Waals surface area contributed by atoms with E-state index in [1.807, 2.05) is 18.2 Å². The van der Waals surface area contributed by atoms with Crippen LogP contribution in [0.15, 0.2) is 30.3 Å². The highest BCUT2D eigenvalue weighted by Crippen LogP contribution is 2.24. The molecule has 0 N–H and O–H groups in total. The third-order valence-electron chi connectivity index (χ3n) is 3.13. The highest BCUT2D eigenvalue weighted by molar-refractivity contribution is 5.15. The molecule has 16 heavy (non-hydrogen) atoms. The van der Waals surface area contributed by atoms with Crippen LogP contribution in [0, 0.1) is 23.2 Å². The van der Waals surface area contributed by atoms with E-state index >= 15 is 0 Å². The molecule has 3 heteroatoms. The molecule has 1 fully saturated rings. The number of hydrogen-bond acceptors (Lipinski definition) is 2. The zero-order chi connectivity index (χ0) is 11.4. The minimum absolute atomic E-state index is 0.103. The molecule has 0 saturated carbocycles. The van der Waals surface area contributed by atoms with Gasteiger partial charge in [-0.05, 0) is 5.56 Å². The normalized spacial score (nSPS) is 25.5. The summed E-state index contributed by atoms with van der Waals surface area (Å²) in [5.74, 6) is -0.248. The molecule has 0 radical (unpaired) electrons. The van der Waals surface area contributed by atoms with Gasteiger partial charge in [0.15, 0.2) is 0 Å². The number of benzene rings is 1. The Balaban J connectivity index is 1.96. The average Bonchev–Trinajstić information content (AvgIpc) is 2.72. The Morgan fingerprint density at radius 1 is 1.31 bits per heavy atom. The molecule has 0 spiro atoms. The van der Waals surface area contributed by atoms with Gasteiger partial charge in [-0.15, -0.1) is 0 Å². The lowest BCUT2D eigenvalue weighted by Crippen LogP contribution is -2.20. The van der Waals surface area contributed by atoms with E-state index in [1.165, 1.54) is 5.56 Å². The maximum atomic E-state index is 12.7. The largest absolute Gasteiger partial charge is 0.297 e. The zero-order valence-corrected chi connectivity index (χ0v) is 9.14. The van der Waals surface area contributed by atoms with Crippen LogP contribution in [-0.2, 0) is 6.54 Å². The van der Waals surface area contributed by atoms with Gasteiger partial charge in [0.2, 0.25) is 0 Å². The molecule has 84 valence electrons. The second kappa shape index (κ2) is 5.09. The summed E-state index contributed by atoms with van der Waals surface area (Å²) in [6.45, 7) is 1.82. The van der Waals surface area contributed by atoms with E-state index in [2.05, 4.69) is 23.1 Å². The Hall–Kier alpha value is -1.40. The van der Waals surface area contributed by atoms with Gasteiger partial charge in [0.05, 0.1) is 18.7 Å². The van der Waals surface area contributed by atoms with E-state index in [0.29, 0.717) is 13.1 Å². The maximum Gasteiger partial charge on any atom is 0.0947 e. The fourth-order valence-electron chi connectivity index (χ4n) is 2.23. The Morgan fingerprint density at radius 2 is 2.06 bits per heavy atom. The molecule has 2 atom stereocenters. The van der Waals surface area contributed by atoms with Crippen molar-refractivity contribution in [2.75, 3.05) is 19.8 Å². The second-order valence-electron chi connectivity index (χ2n) is 4.33. The lowest BCUT2D eigenvalue weighted by molar-refractivity contribution is 0.295. The quantitative estimate of drug-likeness (QED) is 0.778. The van der Waals surface area contributed by atoms with Crippen LogP contribution in [0.25, 0.3) is 0 Å². The van der Waals surface area contributed by atoms with E-state index in [-0.39, 0.29) is 18.5 Å². The van der Waals surface area contributed by atoms with E-state index in [0.717, 1.165) is 6.54 Å². The molecule has 2 unspecified atom stereocenters. The monoisotopic (exact) mass is 218 g/mol. The molecular formula is C13H15FN2. The van der Waals surface area contributed by atoms with Gasteiger partial charge in [0.1, 0.15) is 0 Å². The van der Waals surface area contributed by atoms with Crippen LogP contribution in [0.3, 0.4) is 0 Å². The number of likely N-dealkylation sites (tertiary alicyclic amines) is 1. The standard InChI is InChI=1S/C13H15FN2/c14-6-12-9-16(10-13(12)7-15)8-11-4-2-1-3-5-11/h1-5,12-13H,6,8-10H2. The molecule has 1 aliphatic heterocycles. The van der Waals surface area contributed by atoms with Crippen LogP contribution in [-0.4, -0.2) is 24.7 Å². The van der Waals surface area contributed by atoms with E-state index < -0.39 is 0 Å². The minimum atomic E-state index is -0.385.